The zero-order chi connectivity index (χ0) is 26.3. The largest absolute Gasteiger partial charge is 0.508 e. The predicted molar refractivity (Wildman–Crippen MR) is 129 cm³/mol. The molecule has 2 aliphatic rings. The lowest BCUT2D eigenvalue weighted by Gasteiger charge is -2.39. The van der Waals surface area contributed by atoms with E-state index in [0.717, 1.165) is 12.1 Å². The van der Waals surface area contributed by atoms with E-state index in [-0.39, 0.29) is 42.4 Å². The Bertz CT molecular complexity index is 1390. The summed E-state index contributed by atoms with van der Waals surface area (Å²) in [6.07, 6.45) is -4.50. The van der Waals surface area contributed by atoms with Crippen LogP contribution in [-0.4, -0.2) is 64.7 Å². The summed E-state index contributed by atoms with van der Waals surface area (Å²) in [4.78, 5) is 42.4. The molecule has 2 heterocycles. The summed E-state index contributed by atoms with van der Waals surface area (Å²) in [7, 11) is 0. The van der Waals surface area contributed by atoms with Crippen LogP contribution in [0.25, 0.3) is 11.1 Å². The number of ketones is 1. The van der Waals surface area contributed by atoms with Gasteiger partial charge >= 0.3 is 6.18 Å². The number of Topliss-reactive ketones (excluding diaryl/α,β-unsaturated/α-hetero) is 1. The first-order chi connectivity index (χ1) is 17.6. The minimum atomic E-state index is -4.50. The molecule has 1 fully saturated rings. The summed E-state index contributed by atoms with van der Waals surface area (Å²) in [6.45, 7) is 0.758. The maximum Gasteiger partial charge on any atom is 0.416 e. The number of rotatable bonds is 4. The molecule has 7 nitrogen and oxygen atoms in total. The van der Waals surface area contributed by atoms with Crippen LogP contribution in [0, 0.1) is 0 Å². The number of aromatic hydroxyl groups is 1. The number of carbonyl (C=O) groups is 3. The quantitative estimate of drug-likeness (QED) is 0.519. The first-order valence-corrected chi connectivity index (χ1v) is 11.6. The summed E-state index contributed by atoms with van der Waals surface area (Å²) >= 11 is 0. The van der Waals surface area contributed by atoms with Crippen molar-refractivity contribution in [2.24, 2.45) is 0 Å². The number of amides is 2. The van der Waals surface area contributed by atoms with Crippen molar-refractivity contribution in [3.05, 3.63) is 83.4 Å². The average Bonchev–Trinajstić information content (AvgIpc) is 2.98. The molecule has 0 radical (unpaired) electrons. The lowest BCUT2D eigenvalue weighted by Crippen LogP contribution is -2.59. The first kappa shape index (κ1) is 24.5. The minimum absolute atomic E-state index is 0.0449. The molecule has 190 valence electrons. The molecule has 2 N–H and O–H groups in total. The van der Waals surface area contributed by atoms with Gasteiger partial charge in [0.1, 0.15) is 11.8 Å². The summed E-state index contributed by atoms with van der Waals surface area (Å²) in [5.41, 5.74) is 0.833. The Labute approximate surface area is 210 Å². The number of hydrogen-bond acceptors (Lipinski definition) is 5. The van der Waals surface area contributed by atoms with Gasteiger partial charge in [-0.05, 0) is 59.7 Å². The molecule has 0 saturated carbocycles. The van der Waals surface area contributed by atoms with Gasteiger partial charge in [-0.1, -0.05) is 18.2 Å². The van der Waals surface area contributed by atoms with Crippen molar-refractivity contribution in [3.63, 3.8) is 0 Å². The predicted octanol–water partition coefficient (Wildman–Crippen LogP) is 4.04. The fourth-order valence-electron chi connectivity index (χ4n) is 4.65. The molecule has 3 aromatic carbocycles. The number of fused-ring (bicyclic) bond motifs is 2. The van der Waals surface area contributed by atoms with Gasteiger partial charge in [-0.3, -0.25) is 19.3 Å². The third-order valence-corrected chi connectivity index (χ3v) is 6.62. The number of piperazine rings is 1. The van der Waals surface area contributed by atoms with Crippen LogP contribution in [0.4, 0.5) is 18.9 Å². The van der Waals surface area contributed by atoms with Gasteiger partial charge in [0.25, 0.3) is 5.91 Å². The molecule has 0 aromatic heterocycles. The lowest BCUT2D eigenvalue weighted by atomic mass is 9.99. The molecule has 10 heteroatoms. The number of nitrogens with one attached hydrogen (secondary N) is 1. The van der Waals surface area contributed by atoms with E-state index in [2.05, 4.69) is 5.32 Å². The molecule has 37 heavy (non-hydrogen) atoms. The highest BCUT2D eigenvalue weighted by molar-refractivity contribution is 6.10. The van der Waals surface area contributed by atoms with Crippen molar-refractivity contribution in [2.45, 2.75) is 12.2 Å². The van der Waals surface area contributed by atoms with Gasteiger partial charge < -0.3 is 15.3 Å². The zero-order valence-corrected chi connectivity index (χ0v) is 19.5. The Balaban J connectivity index is 1.37. The Morgan fingerprint density at radius 2 is 1.70 bits per heavy atom. The van der Waals surface area contributed by atoms with Gasteiger partial charge in [0, 0.05) is 25.2 Å². The highest BCUT2D eigenvalue weighted by Crippen LogP contribution is 2.34. The monoisotopic (exact) mass is 509 g/mol. The molecular weight excluding hydrogens is 487 g/mol. The van der Waals surface area contributed by atoms with Crippen molar-refractivity contribution in [2.75, 3.05) is 31.5 Å². The first-order valence-electron chi connectivity index (χ1n) is 11.6. The average molecular weight is 509 g/mol. The molecule has 1 saturated heterocycles. The molecule has 5 rings (SSSR count). The maximum absolute atomic E-state index is 13.5. The van der Waals surface area contributed by atoms with E-state index in [9.17, 15) is 32.7 Å². The number of nitrogens with zero attached hydrogens (tertiary/aromatic N) is 2. The summed E-state index contributed by atoms with van der Waals surface area (Å²) in [6, 6.07) is 14.5. The van der Waals surface area contributed by atoms with Crippen molar-refractivity contribution in [1.29, 1.82) is 0 Å². The number of benzene rings is 3. The smallest absolute Gasteiger partial charge is 0.416 e. The van der Waals surface area contributed by atoms with E-state index in [1.54, 1.807) is 11.0 Å². The number of halogens is 3. The van der Waals surface area contributed by atoms with Crippen LogP contribution in [0.15, 0.2) is 66.7 Å². The number of alkyl halides is 3. The van der Waals surface area contributed by atoms with Gasteiger partial charge in [0.15, 0.2) is 5.78 Å². The number of anilines is 1. The van der Waals surface area contributed by atoms with E-state index in [1.807, 2.05) is 0 Å². The molecule has 1 unspecified atom stereocenters. The zero-order valence-electron chi connectivity index (χ0n) is 19.5. The van der Waals surface area contributed by atoms with Crippen LogP contribution in [0.5, 0.6) is 5.75 Å². The van der Waals surface area contributed by atoms with E-state index >= 15 is 0 Å². The van der Waals surface area contributed by atoms with Gasteiger partial charge in [-0.15, -0.1) is 0 Å². The highest BCUT2D eigenvalue weighted by Gasteiger charge is 2.39. The van der Waals surface area contributed by atoms with Crippen LogP contribution >= 0.6 is 0 Å². The van der Waals surface area contributed by atoms with Crippen LogP contribution in [0.3, 0.4) is 0 Å². The standard InChI is InChI=1S/C27H22F3N3O4/c28-27(29,30)19-3-1-2-17(12-19)18-6-9-22-21(13-18)26(37)33-11-10-32(14-23(33)25(36)31-22)15-24(35)16-4-7-20(34)8-5-16/h1-9,12-13,23,34H,10-11,14-15H2,(H,31,36). The van der Waals surface area contributed by atoms with Crippen LogP contribution in [0.1, 0.15) is 26.3 Å². The van der Waals surface area contributed by atoms with Gasteiger partial charge in [0.05, 0.1) is 23.4 Å². The SMILES string of the molecule is O=C(CN1CCN2C(=O)c3cc(-c4cccc(C(F)(F)F)c4)ccc3NC(=O)C2C1)c1ccc(O)cc1. The van der Waals surface area contributed by atoms with Crippen molar-refractivity contribution < 1.29 is 32.7 Å². The fraction of sp³-hybridized carbons (Fsp3) is 0.222. The number of phenols is 1. The summed E-state index contributed by atoms with van der Waals surface area (Å²) in [5, 5.41) is 12.2. The fourth-order valence-corrected chi connectivity index (χ4v) is 4.65. The van der Waals surface area contributed by atoms with E-state index in [4.69, 9.17) is 0 Å². The molecular formula is C27H22F3N3O4. The summed E-state index contributed by atoms with van der Waals surface area (Å²) in [5.74, 6) is -0.935. The second kappa shape index (κ2) is 9.36. The molecule has 0 spiro atoms. The molecule has 0 aliphatic carbocycles. The normalized spacial score (nSPS) is 18.0. The third kappa shape index (κ3) is 4.92. The van der Waals surface area contributed by atoms with E-state index < -0.39 is 29.6 Å². The van der Waals surface area contributed by atoms with Crippen molar-refractivity contribution in [3.8, 4) is 16.9 Å². The van der Waals surface area contributed by atoms with Gasteiger partial charge in [0.2, 0.25) is 5.91 Å². The molecule has 2 amide bonds. The van der Waals surface area contributed by atoms with Crippen LogP contribution in [0.2, 0.25) is 0 Å². The maximum atomic E-state index is 13.5. The molecule has 0 bridgehead atoms. The number of hydrogen-bond donors (Lipinski definition) is 2. The Kier molecular flexibility index (Phi) is 6.20. The van der Waals surface area contributed by atoms with Crippen molar-refractivity contribution >= 4 is 23.3 Å². The van der Waals surface area contributed by atoms with Gasteiger partial charge in [-0.25, -0.2) is 0 Å². The van der Waals surface area contributed by atoms with Gasteiger partial charge in [-0.2, -0.15) is 13.2 Å². The molecule has 3 aromatic rings. The van der Waals surface area contributed by atoms with Crippen molar-refractivity contribution in [1.82, 2.24) is 9.80 Å². The Hall–Kier alpha value is -4.18. The van der Waals surface area contributed by atoms with Crippen LogP contribution < -0.4 is 5.32 Å². The topological polar surface area (TPSA) is 90.0 Å². The summed E-state index contributed by atoms with van der Waals surface area (Å²) < 4.78 is 39.5. The number of carbonyl (C=O) groups excluding carboxylic acids is 3. The molecule has 1 atom stereocenters. The Morgan fingerprint density at radius 3 is 2.43 bits per heavy atom. The highest BCUT2D eigenvalue weighted by atomic mass is 19.4. The second-order valence-corrected chi connectivity index (χ2v) is 9.05. The Morgan fingerprint density at radius 1 is 0.973 bits per heavy atom. The molecule has 2 aliphatic heterocycles. The third-order valence-electron chi connectivity index (χ3n) is 6.62. The second-order valence-electron chi connectivity index (χ2n) is 9.05. The van der Waals surface area contributed by atoms with E-state index in [1.165, 1.54) is 53.4 Å². The van der Waals surface area contributed by atoms with E-state index in [0.29, 0.717) is 23.2 Å². The number of phenolic OH excluding ortho intramolecular Hbond substituents is 1. The van der Waals surface area contributed by atoms with Crippen LogP contribution in [-0.2, 0) is 11.0 Å². The lowest BCUT2D eigenvalue weighted by molar-refractivity contribution is -0.137. The minimum Gasteiger partial charge on any atom is -0.508 e.